The van der Waals surface area contributed by atoms with E-state index in [1.807, 2.05) is 0 Å². The predicted molar refractivity (Wildman–Crippen MR) is 66.9 cm³/mol. The molecule has 0 aliphatic heterocycles. The summed E-state index contributed by atoms with van der Waals surface area (Å²) in [6.45, 7) is 0. The molecule has 0 fully saturated rings. The van der Waals surface area contributed by atoms with Gasteiger partial charge in [-0.3, -0.25) is 0 Å². The van der Waals surface area contributed by atoms with Crippen LogP contribution in [0.25, 0.3) is 0 Å². The van der Waals surface area contributed by atoms with E-state index >= 15 is 0 Å². The molecule has 0 saturated carbocycles. The average molecular weight is 303 g/mol. The topological polar surface area (TPSA) is 37.4 Å². The Balaban J connectivity index is 3.47. The van der Waals surface area contributed by atoms with Crippen LogP contribution in [-0.4, -0.2) is 26.8 Å². The molecular weight excluding hydrogens is 293 g/mol. The van der Waals surface area contributed by atoms with Gasteiger partial charge in [0, 0.05) is 25.0 Å². The minimum absolute atomic E-state index is 0.0132. The fraction of sp³-hybridized carbons (Fsp3) is 0.333. The molecule has 90 valence electrons. The Morgan fingerprint density at radius 1 is 1.19 bits per heavy atom. The third-order valence-electron chi connectivity index (χ3n) is 2.00. The number of sulfonamides is 1. The number of nitrogens with zero attached hydrogens (tertiary/aromatic N) is 1. The summed E-state index contributed by atoms with van der Waals surface area (Å²) in [5.74, 6) is 0.131. The molecule has 1 aromatic rings. The van der Waals surface area contributed by atoms with Crippen LogP contribution in [-0.2, 0) is 15.9 Å². The molecule has 0 bridgehead atoms. The zero-order chi connectivity index (χ0) is 12.5. The largest absolute Gasteiger partial charge is 0.244 e. The van der Waals surface area contributed by atoms with E-state index < -0.39 is 10.0 Å². The number of rotatable bonds is 3. The van der Waals surface area contributed by atoms with Gasteiger partial charge in [0.15, 0.2) is 0 Å². The van der Waals surface area contributed by atoms with Crippen LogP contribution in [0.3, 0.4) is 0 Å². The second-order valence-corrected chi connectivity index (χ2v) is 6.50. The maximum absolute atomic E-state index is 11.9. The number of halogens is 3. The quantitative estimate of drug-likeness (QED) is 0.805. The smallest absolute Gasteiger partial charge is 0.207 e. The van der Waals surface area contributed by atoms with Crippen molar-refractivity contribution in [2.45, 2.75) is 10.8 Å². The van der Waals surface area contributed by atoms with Crippen LogP contribution >= 0.6 is 34.8 Å². The van der Waals surface area contributed by atoms with E-state index in [2.05, 4.69) is 0 Å². The van der Waals surface area contributed by atoms with Crippen LogP contribution in [0.5, 0.6) is 0 Å². The van der Waals surface area contributed by atoms with Crippen molar-refractivity contribution in [3.05, 3.63) is 27.7 Å². The first-order valence-corrected chi connectivity index (χ1v) is 7.00. The van der Waals surface area contributed by atoms with Gasteiger partial charge in [0.05, 0.1) is 5.02 Å². The second kappa shape index (κ2) is 5.10. The Kier molecular flexibility index (Phi) is 4.49. The van der Waals surface area contributed by atoms with Gasteiger partial charge in [-0.1, -0.05) is 23.2 Å². The maximum Gasteiger partial charge on any atom is 0.244 e. The number of hydrogen-bond donors (Lipinski definition) is 0. The Labute approximate surface area is 110 Å². The molecule has 0 heterocycles. The van der Waals surface area contributed by atoms with E-state index in [4.69, 9.17) is 34.8 Å². The molecule has 0 radical (unpaired) electrons. The lowest BCUT2D eigenvalue weighted by Crippen LogP contribution is -2.22. The van der Waals surface area contributed by atoms with Crippen molar-refractivity contribution in [3.8, 4) is 0 Å². The van der Waals surface area contributed by atoms with E-state index in [9.17, 15) is 8.42 Å². The van der Waals surface area contributed by atoms with Crippen molar-refractivity contribution < 1.29 is 8.42 Å². The summed E-state index contributed by atoms with van der Waals surface area (Å²) in [7, 11) is -0.710. The SMILES string of the molecule is CN(C)S(=O)(=O)c1cc(CCl)c(Cl)cc1Cl. The monoisotopic (exact) mass is 301 g/mol. The average Bonchev–Trinajstić information content (AvgIpc) is 2.17. The fourth-order valence-electron chi connectivity index (χ4n) is 1.07. The van der Waals surface area contributed by atoms with Crippen molar-refractivity contribution in [1.82, 2.24) is 4.31 Å². The standard InChI is InChI=1S/C9H10Cl3NO2S/c1-13(2)16(14,15)9-3-6(5-10)7(11)4-8(9)12/h3-4H,5H2,1-2H3. The molecule has 0 saturated heterocycles. The Bertz CT molecular complexity index is 500. The first-order valence-electron chi connectivity index (χ1n) is 4.27. The second-order valence-electron chi connectivity index (χ2n) is 3.30. The van der Waals surface area contributed by atoms with Gasteiger partial charge in [-0.25, -0.2) is 12.7 Å². The highest BCUT2D eigenvalue weighted by Gasteiger charge is 2.22. The highest BCUT2D eigenvalue weighted by molar-refractivity contribution is 7.89. The lowest BCUT2D eigenvalue weighted by Gasteiger charge is -2.14. The van der Waals surface area contributed by atoms with Gasteiger partial charge < -0.3 is 0 Å². The molecule has 1 aromatic carbocycles. The molecule has 0 aliphatic carbocycles. The van der Waals surface area contributed by atoms with Crippen LogP contribution in [0.1, 0.15) is 5.56 Å². The fourth-order valence-corrected chi connectivity index (χ4v) is 3.09. The van der Waals surface area contributed by atoms with Gasteiger partial charge >= 0.3 is 0 Å². The predicted octanol–water partition coefficient (Wildman–Crippen LogP) is 2.98. The van der Waals surface area contributed by atoms with Crippen LogP contribution in [0.15, 0.2) is 17.0 Å². The minimum Gasteiger partial charge on any atom is -0.207 e. The van der Waals surface area contributed by atoms with Crippen LogP contribution < -0.4 is 0 Å². The first kappa shape index (κ1) is 14.1. The van der Waals surface area contributed by atoms with Crippen molar-refractivity contribution >= 4 is 44.8 Å². The molecule has 3 nitrogen and oxygen atoms in total. The van der Waals surface area contributed by atoms with E-state index in [0.29, 0.717) is 10.6 Å². The lowest BCUT2D eigenvalue weighted by molar-refractivity contribution is 0.520. The minimum atomic E-state index is -3.57. The number of hydrogen-bond acceptors (Lipinski definition) is 2. The molecule has 0 aromatic heterocycles. The highest BCUT2D eigenvalue weighted by Crippen LogP contribution is 2.30. The van der Waals surface area contributed by atoms with Gasteiger partial charge in [0.2, 0.25) is 10.0 Å². The molecular formula is C9H10Cl3NO2S. The normalized spacial score (nSPS) is 12.1. The molecule has 0 spiro atoms. The van der Waals surface area contributed by atoms with Gasteiger partial charge in [-0.15, -0.1) is 11.6 Å². The van der Waals surface area contributed by atoms with Gasteiger partial charge in [0.25, 0.3) is 0 Å². The molecule has 0 unspecified atom stereocenters. The molecule has 0 aliphatic rings. The summed E-state index contributed by atoms with van der Waals surface area (Å²) >= 11 is 17.4. The van der Waals surface area contributed by atoms with Crippen molar-refractivity contribution in [2.75, 3.05) is 14.1 Å². The summed E-state index contributed by atoms with van der Waals surface area (Å²) in [6, 6.07) is 2.78. The third-order valence-corrected chi connectivity index (χ3v) is 4.92. The zero-order valence-electron chi connectivity index (χ0n) is 8.67. The maximum atomic E-state index is 11.9. The summed E-state index contributed by atoms with van der Waals surface area (Å²) in [6.07, 6.45) is 0. The van der Waals surface area contributed by atoms with Gasteiger partial charge in [-0.2, -0.15) is 0 Å². The van der Waals surface area contributed by atoms with Gasteiger partial charge in [0.1, 0.15) is 4.90 Å². The van der Waals surface area contributed by atoms with Crippen LogP contribution in [0.4, 0.5) is 0 Å². The number of alkyl halides is 1. The molecule has 7 heteroatoms. The molecule has 0 N–H and O–H groups in total. The van der Waals surface area contributed by atoms with E-state index in [1.54, 1.807) is 0 Å². The van der Waals surface area contributed by atoms with E-state index in [0.717, 1.165) is 4.31 Å². The summed E-state index contributed by atoms with van der Waals surface area (Å²) in [4.78, 5) is 0.0132. The van der Waals surface area contributed by atoms with Crippen molar-refractivity contribution in [2.24, 2.45) is 0 Å². The van der Waals surface area contributed by atoms with Gasteiger partial charge in [-0.05, 0) is 17.7 Å². The molecule has 1 rings (SSSR count). The molecule has 0 amide bonds. The van der Waals surface area contributed by atoms with Crippen molar-refractivity contribution in [1.29, 1.82) is 0 Å². The third kappa shape index (κ3) is 2.63. The summed E-state index contributed by atoms with van der Waals surface area (Å²) in [5, 5.41) is 0.449. The summed E-state index contributed by atoms with van der Waals surface area (Å²) < 4.78 is 24.9. The Morgan fingerprint density at radius 3 is 2.19 bits per heavy atom. The van der Waals surface area contributed by atoms with Crippen LogP contribution in [0.2, 0.25) is 10.0 Å². The Morgan fingerprint density at radius 2 is 1.75 bits per heavy atom. The molecule has 0 atom stereocenters. The first-order chi connectivity index (χ1) is 7.30. The highest BCUT2D eigenvalue weighted by atomic mass is 35.5. The summed E-state index contributed by atoms with van der Waals surface area (Å²) in [5.41, 5.74) is 0.535. The van der Waals surface area contributed by atoms with E-state index in [1.165, 1.54) is 26.2 Å². The number of benzene rings is 1. The van der Waals surface area contributed by atoms with Crippen molar-refractivity contribution in [3.63, 3.8) is 0 Å². The van der Waals surface area contributed by atoms with E-state index in [-0.39, 0.29) is 15.8 Å². The molecule has 16 heavy (non-hydrogen) atoms. The van der Waals surface area contributed by atoms with Crippen LogP contribution in [0, 0.1) is 0 Å². The zero-order valence-corrected chi connectivity index (χ0v) is 11.8. The Hall–Kier alpha value is -0.000000000000000111. The lowest BCUT2D eigenvalue weighted by atomic mass is 10.2.